The Morgan fingerprint density at radius 3 is 2.38 bits per heavy atom. The van der Waals surface area contributed by atoms with Gasteiger partial charge in [0.05, 0.1) is 19.1 Å². The van der Waals surface area contributed by atoms with E-state index in [-0.39, 0.29) is 11.8 Å². The molecule has 7 nitrogen and oxygen atoms in total. The largest absolute Gasteiger partial charge is 0.497 e. The van der Waals surface area contributed by atoms with Gasteiger partial charge in [-0.1, -0.05) is 6.07 Å². The van der Waals surface area contributed by atoms with Crippen LogP contribution in [0, 0.1) is 5.92 Å². The van der Waals surface area contributed by atoms with Gasteiger partial charge in [0.2, 0.25) is 15.9 Å². The maximum absolute atomic E-state index is 13.3. The summed E-state index contributed by atoms with van der Waals surface area (Å²) in [5.41, 5.74) is 3.32. The fourth-order valence-electron chi connectivity index (χ4n) is 4.99. The molecule has 8 heteroatoms. The maximum atomic E-state index is 13.3. The molecule has 0 unspecified atom stereocenters. The topological polar surface area (TPSA) is 76.2 Å². The number of ether oxygens (including phenoxy) is 2. The average Bonchev–Trinajstić information content (AvgIpc) is 2.88. The number of amides is 1. The summed E-state index contributed by atoms with van der Waals surface area (Å²) in [7, 11) is 1.43. The zero-order valence-electron chi connectivity index (χ0n) is 20.2. The molecule has 184 valence electrons. The van der Waals surface area contributed by atoms with Crippen LogP contribution in [0.3, 0.4) is 0 Å². The first-order chi connectivity index (χ1) is 16.3. The third-order valence-corrected chi connectivity index (χ3v) is 8.93. The van der Waals surface area contributed by atoms with Gasteiger partial charge in [0, 0.05) is 44.2 Å². The van der Waals surface area contributed by atoms with Gasteiger partial charge in [-0.2, -0.15) is 4.31 Å². The van der Waals surface area contributed by atoms with E-state index in [1.54, 1.807) is 38.3 Å². The third kappa shape index (κ3) is 5.08. The van der Waals surface area contributed by atoms with Crippen LogP contribution in [0.2, 0.25) is 0 Å². The van der Waals surface area contributed by atoms with Crippen molar-refractivity contribution in [3.05, 3.63) is 53.1 Å². The first-order valence-electron chi connectivity index (χ1n) is 11.9. The van der Waals surface area contributed by atoms with E-state index in [4.69, 9.17) is 9.47 Å². The number of rotatable bonds is 7. The Bertz CT molecular complexity index is 1140. The lowest BCUT2D eigenvalue weighted by atomic mass is 9.92. The van der Waals surface area contributed by atoms with Gasteiger partial charge in [-0.15, -0.1) is 0 Å². The molecule has 0 aromatic heterocycles. The zero-order valence-corrected chi connectivity index (χ0v) is 21.1. The van der Waals surface area contributed by atoms with Crippen LogP contribution in [0.25, 0.3) is 0 Å². The van der Waals surface area contributed by atoms with Crippen molar-refractivity contribution < 1.29 is 22.7 Å². The first-order valence-corrected chi connectivity index (χ1v) is 13.4. The van der Waals surface area contributed by atoms with Gasteiger partial charge in [0.1, 0.15) is 11.5 Å². The normalized spacial score (nSPS) is 17.1. The third-order valence-electron chi connectivity index (χ3n) is 7.04. The summed E-state index contributed by atoms with van der Waals surface area (Å²) in [6.07, 6.45) is 5.29. The number of hydrogen-bond donors (Lipinski definition) is 0. The quantitative estimate of drug-likeness (QED) is 0.597. The number of aryl methyl sites for hydroxylation is 2. The fourth-order valence-corrected chi connectivity index (χ4v) is 6.51. The second-order valence-electron chi connectivity index (χ2n) is 9.19. The zero-order chi connectivity index (χ0) is 24.3. The SMILES string of the molecule is COc1ccc(CN(C)C(=O)C2CCN(S(=O)(=O)c3ccc4c(c3)CCCC4)CC2)c(OC)c1. The van der Waals surface area contributed by atoms with Crippen molar-refractivity contribution in [2.45, 2.75) is 50.0 Å². The predicted molar refractivity (Wildman–Crippen MR) is 131 cm³/mol. The van der Waals surface area contributed by atoms with Crippen LogP contribution in [0.5, 0.6) is 11.5 Å². The molecule has 1 aliphatic heterocycles. The molecule has 1 amide bonds. The Kier molecular flexibility index (Phi) is 7.48. The van der Waals surface area contributed by atoms with Crippen LogP contribution < -0.4 is 9.47 Å². The molecular weight excluding hydrogens is 452 g/mol. The summed E-state index contributed by atoms with van der Waals surface area (Å²) >= 11 is 0. The standard InChI is InChI=1S/C26H34N2O5S/c1-27(18-22-8-10-23(32-2)17-25(22)33-3)26(29)20-12-14-28(15-13-20)34(30,31)24-11-9-19-6-4-5-7-21(19)16-24/h8-11,16-17,20H,4-7,12-15,18H2,1-3H3. The number of nitrogens with zero attached hydrogens (tertiary/aromatic N) is 2. The minimum absolute atomic E-state index is 0.0312. The van der Waals surface area contributed by atoms with Crippen molar-refractivity contribution in [2.24, 2.45) is 5.92 Å². The van der Waals surface area contributed by atoms with E-state index in [9.17, 15) is 13.2 Å². The lowest BCUT2D eigenvalue weighted by Gasteiger charge is -2.33. The average molecular weight is 487 g/mol. The smallest absolute Gasteiger partial charge is 0.243 e. The van der Waals surface area contributed by atoms with Gasteiger partial charge in [-0.25, -0.2) is 8.42 Å². The number of carbonyl (C=O) groups excluding carboxylic acids is 1. The predicted octanol–water partition coefficient (Wildman–Crippen LogP) is 3.64. The van der Waals surface area contributed by atoms with Crippen LogP contribution in [0.15, 0.2) is 41.3 Å². The van der Waals surface area contributed by atoms with Gasteiger partial charge in [-0.05, 0) is 73.9 Å². The molecule has 2 aromatic rings. The number of carbonyl (C=O) groups is 1. The fraction of sp³-hybridized carbons (Fsp3) is 0.500. The molecule has 1 fully saturated rings. The Hall–Kier alpha value is -2.58. The highest BCUT2D eigenvalue weighted by Crippen LogP contribution is 2.30. The number of hydrogen-bond acceptors (Lipinski definition) is 5. The Balaban J connectivity index is 1.38. The molecule has 2 aliphatic rings. The van der Waals surface area contributed by atoms with Crippen molar-refractivity contribution in [3.8, 4) is 11.5 Å². The lowest BCUT2D eigenvalue weighted by Crippen LogP contribution is -2.43. The summed E-state index contributed by atoms with van der Waals surface area (Å²) in [6, 6.07) is 11.1. The van der Waals surface area contributed by atoms with Gasteiger partial charge in [0.15, 0.2) is 0 Å². The van der Waals surface area contributed by atoms with E-state index in [0.29, 0.717) is 48.9 Å². The molecule has 0 N–H and O–H groups in total. The summed E-state index contributed by atoms with van der Waals surface area (Å²) in [6.45, 7) is 1.13. The van der Waals surface area contributed by atoms with Gasteiger partial charge in [0.25, 0.3) is 0 Å². The minimum Gasteiger partial charge on any atom is -0.497 e. The van der Waals surface area contributed by atoms with Gasteiger partial charge < -0.3 is 14.4 Å². The molecule has 0 atom stereocenters. The number of fused-ring (bicyclic) bond motifs is 1. The lowest BCUT2D eigenvalue weighted by molar-refractivity contribution is -0.135. The maximum Gasteiger partial charge on any atom is 0.243 e. The van der Waals surface area contributed by atoms with E-state index >= 15 is 0 Å². The van der Waals surface area contributed by atoms with Crippen molar-refractivity contribution in [1.82, 2.24) is 9.21 Å². The van der Waals surface area contributed by atoms with E-state index in [0.717, 1.165) is 30.4 Å². The molecule has 0 saturated carbocycles. The molecule has 0 bridgehead atoms. The molecule has 0 spiro atoms. The van der Waals surface area contributed by atoms with Crippen molar-refractivity contribution >= 4 is 15.9 Å². The Labute approximate surface area is 202 Å². The first kappa shape index (κ1) is 24.5. The van der Waals surface area contributed by atoms with Gasteiger partial charge >= 0.3 is 0 Å². The molecule has 2 aromatic carbocycles. The Morgan fingerprint density at radius 1 is 1.00 bits per heavy atom. The van der Waals surface area contributed by atoms with Crippen LogP contribution in [-0.4, -0.2) is 57.9 Å². The molecule has 0 radical (unpaired) electrons. The summed E-state index contributed by atoms with van der Waals surface area (Å²) in [5, 5.41) is 0. The van der Waals surface area contributed by atoms with Crippen LogP contribution in [0.1, 0.15) is 42.4 Å². The van der Waals surface area contributed by atoms with Crippen molar-refractivity contribution in [3.63, 3.8) is 0 Å². The number of benzene rings is 2. The second kappa shape index (κ2) is 10.4. The Morgan fingerprint density at radius 2 is 1.71 bits per heavy atom. The van der Waals surface area contributed by atoms with E-state index in [1.807, 2.05) is 24.3 Å². The molecule has 34 heavy (non-hydrogen) atoms. The van der Waals surface area contributed by atoms with Crippen LogP contribution >= 0.6 is 0 Å². The van der Waals surface area contributed by atoms with Gasteiger partial charge in [-0.3, -0.25) is 4.79 Å². The highest BCUT2D eigenvalue weighted by Gasteiger charge is 2.33. The summed E-state index contributed by atoms with van der Waals surface area (Å²) in [5.74, 6) is 1.21. The van der Waals surface area contributed by atoms with Crippen LogP contribution in [0.4, 0.5) is 0 Å². The monoisotopic (exact) mass is 486 g/mol. The molecule has 1 saturated heterocycles. The summed E-state index contributed by atoms with van der Waals surface area (Å²) in [4.78, 5) is 15.2. The van der Waals surface area contributed by atoms with E-state index in [1.165, 1.54) is 16.3 Å². The molecule has 4 rings (SSSR count). The molecular formula is C26H34N2O5S. The minimum atomic E-state index is -3.55. The van der Waals surface area contributed by atoms with Crippen LogP contribution in [-0.2, 0) is 34.2 Å². The summed E-state index contributed by atoms with van der Waals surface area (Å²) < 4.78 is 38.7. The van der Waals surface area contributed by atoms with Crippen molar-refractivity contribution in [1.29, 1.82) is 0 Å². The van der Waals surface area contributed by atoms with Crippen molar-refractivity contribution in [2.75, 3.05) is 34.4 Å². The van der Waals surface area contributed by atoms with E-state index in [2.05, 4.69) is 0 Å². The molecule has 1 heterocycles. The molecule has 1 aliphatic carbocycles. The second-order valence-corrected chi connectivity index (χ2v) is 11.1. The highest BCUT2D eigenvalue weighted by molar-refractivity contribution is 7.89. The highest BCUT2D eigenvalue weighted by atomic mass is 32.2. The number of methoxy groups -OCH3 is 2. The number of piperidine rings is 1. The van der Waals surface area contributed by atoms with E-state index < -0.39 is 10.0 Å². The number of sulfonamides is 1.